The zero-order valence-corrected chi connectivity index (χ0v) is 12.5. The minimum Gasteiger partial charge on any atom is -0.308 e. The molecule has 1 heterocycles. The molecular weight excluding hydrogens is 282 g/mol. The summed E-state index contributed by atoms with van der Waals surface area (Å²) in [5, 5.41) is 1.72. The van der Waals surface area contributed by atoms with Crippen LogP contribution < -0.4 is 11.3 Å². The standard InChI is InChI=1S/C17H16ClN3/c1-11-2-4-12(5-3-11)8-14-9-13-10-15(18)6-7-16(13)20-17(14)21-19/h2-7,9-10H,8,19H2,1H3,(H,20,21). The quantitative estimate of drug-likeness (QED) is 0.566. The number of benzene rings is 2. The van der Waals surface area contributed by atoms with Crippen molar-refractivity contribution in [3.63, 3.8) is 0 Å². The van der Waals surface area contributed by atoms with Crippen LogP contribution in [0.15, 0.2) is 48.5 Å². The van der Waals surface area contributed by atoms with Gasteiger partial charge in [0.05, 0.1) is 5.52 Å². The topological polar surface area (TPSA) is 50.9 Å². The summed E-state index contributed by atoms with van der Waals surface area (Å²) in [4.78, 5) is 4.55. The van der Waals surface area contributed by atoms with E-state index in [2.05, 4.69) is 47.7 Å². The molecule has 3 aromatic rings. The Bertz CT molecular complexity index is 782. The fraction of sp³-hybridized carbons (Fsp3) is 0.118. The number of aryl methyl sites for hydroxylation is 1. The number of fused-ring (bicyclic) bond motifs is 1. The number of anilines is 1. The van der Waals surface area contributed by atoms with Crippen LogP contribution in [0.1, 0.15) is 16.7 Å². The summed E-state index contributed by atoms with van der Waals surface area (Å²) in [6, 6.07) is 16.2. The summed E-state index contributed by atoms with van der Waals surface area (Å²) in [6.45, 7) is 2.08. The molecule has 0 aliphatic carbocycles. The van der Waals surface area contributed by atoms with Gasteiger partial charge >= 0.3 is 0 Å². The third-order valence-corrected chi connectivity index (χ3v) is 3.74. The number of nitrogens with one attached hydrogen (secondary N) is 1. The lowest BCUT2D eigenvalue weighted by atomic mass is 10.0. The Morgan fingerprint density at radius 2 is 1.86 bits per heavy atom. The molecule has 0 radical (unpaired) electrons. The molecule has 0 saturated heterocycles. The van der Waals surface area contributed by atoms with E-state index in [1.165, 1.54) is 11.1 Å². The van der Waals surface area contributed by atoms with Crippen molar-refractivity contribution in [1.82, 2.24) is 4.98 Å². The average Bonchev–Trinajstić information content (AvgIpc) is 2.49. The smallest absolute Gasteiger partial charge is 0.144 e. The van der Waals surface area contributed by atoms with Gasteiger partial charge in [0, 0.05) is 22.4 Å². The maximum absolute atomic E-state index is 6.05. The molecule has 3 N–H and O–H groups in total. The number of nitrogen functional groups attached to an aromatic ring is 1. The van der Waals surface area contributed by atoms with Crippen LogP contribution in [0.25, 0.3) is 10.9 Å². The third kappa shape index (κ3) is 2.99. The van der Waals surface area contributed by atoms with Gasteiger partial charge in [0.1, 0.15) is 5.82 Å². The fourth-order valence-corrected chi connectivity index (χ4v) is 2.56. The maximum Gasteiger partial charge on any atom is 0.144 e. The summed E-state index contributed by atoms with van der Waals surface area (Å²) >= 11 is 6.05. The van der Waals surface area contributed by atoms with Crippen LogP contribution >= 0.6 is 11.6 Å². The first-order chi connectivity index (χ1) is 10.2. The molecule has 0 bridgehead atoms. The third-order valence-electron chi connectivity index (χ3n) is 3.51. The zero-order valence-electron chi connectivity index (χ0n) is 11.7. The highest BCUT2D eigenvalue weighted by Gasteiger charge is 2.07. The van der Waals surface area contributed by atoms with Gasteiger partial charge in [-0.25, -0.2) is 10.8 Å². The first-order valence-electron chi connectivity index (χ1n) is 6.77. The molecule has 0 aliphatic heterocycles. The number of aromatic nitrogens is 1. The predicted octanol–water partition coefficient (Wildman–Crippen LogP) is 4.07. The number of nitrogens with zero attached hydrogens (tertiary/aromatic N) is 1. The molecule has 0 spiro atoms. The molecule has 2 aromatic carbocycles. The van der Waals surface area contributed by atoms with Crippen LogP contribution in [0.2, 0.25) is 5.02 Å². The van der Waals surface area contributed by atoms with E-state index in [1.54, 1.807) is 0 Å². The minimum atomic E-state index is 0.699. The van der Waals surface area contributed by atoms with Gasteiger partial charge in [-0.2, -0.15) is 0 Å². The Labute approximate surface area is 128 Å². The summed E-state index contributed by atoms with van der Waals surface area (Å²) in [6.07, 6.45) is 0.773. The van der Waals surface area contributed by atoms with Gasteiger partial charge in [0.25, 0.3) is 0 Å². The van der Waals surface area contributed by atoms with Gasteiger partial charge < -0.3 is 5.43 Å². The second-order valence-corrected chi connectivity index (χ2v) is 5.58. The van der Waals surface area contributed by atoms with Crippen molar-refractivity contribution in [2.45, 2.75) is 13.3 Å². The number of hydrazine groups is 1. The van der Waals surface area contributed by atoms with E-state index < -0.39 is 0 Å². The second-order valence-electron chi connectivity index (χ2n) is 5.14. The Balaban J connectivity index is 2.05. The predicted molar refractivity (Wildman–Crippen MR) is 88.5 cm³/mol. The minimum absolute atomic E-state index is 0.699. The molecule has 0 fully saturated rings. The van der Waals surface area contributed by atoms with Crippen molar-refractivity contribution in [3.05, 3.63) is 70.2 Å². The van der Waals surface area contributed by atoms with Crippen LogP contribution in [-0.4, -0.2) is 4.98 Å². The highest BCUT2D eigenvalue weighted by atomic mass is 35.5. The van der Waals surface area contributed by atoms with E-state index >= 15 is 0 Å². The van der Waals surface area contributed by atoms with E-state index in [0.29, 0.717) is 10.8 Å². The van der Waals surface area contributed by atoms with Crippen molar-refractivity contribution in [2.24, 2.45) is 5.84 Å². The normalized spacial score (nSPS) is 10.8. The van der Waals surface area contributed by atoms with Crippen molar-refractivity contribution in [2.75, 3.05) is 5.43 Å². The summed E-state index contributed by atoms with van der Waals surface area (Å²) in [7, 11) is 0. The van der Waals surface area contributed by atoms with Gasteiger partial charge in [0.2, 0.25) is 0 Å². The highest BCUT2D eigenvalue weighted by Crippen LogP contribution is 2.25. The van der Waals surface area contributed by atoms with E-state index in [9.17, 15) is 0 Å². The maximum atomic E-state index is 6.05. The molecule has 0 saturated carbocycles. The Morgan fingerprint density at radius 1 is 1.10 bits per heavy atom. The fourth-order valence-electron chi connectivity index (χ4n) is 2.38. The lowest BCUT2D eigenvalue weighted by Crippen LogP contribution is -2.11. The molecule has 21 heavy (non-hydrogen) atoms. The first-order valence-corrected chi connectivity index (χ1v) is 7.15. The lowest BCUT2D eigenvalue weighted by Gasteiger charge is -2.10. The molecule has 0 atom stereocenters. The number of hydrogen-bond donors (Lipinski definition) is 2. The van der Waals surface area contributed by atoms with Crippen molar-refractivity contribution in [1.29, 1.82) is 0 Å². The second kappa shape index (κ2) is 5.72. The molecule has 0 aliphatic rings. The molecule has 3 nitrogen and oxygen atoms in total. The highest BCUT2D eigenvalue weighted by molar-refractivity contribution is 6.31. The molecule has 106 valence electrons. The van der Waals surface area contributed by atoms with Crippen molar-refractivity contribution >= 4 is 28.3 Å². The van der Waals surface area contributed by atoms with Crippen LogP contribution in [0.4, 0.5) is 5.82 Å². The van der Waals surface area contributed by atoms with E-state index in [4.69, 9.17) is 17.4 Å². The summed E-state index contributed by atoms with van der Waals surface area (Å²) in [5.74, 6) is 6.31. The van der Waals surface area contributed by atoms with Gasteiger partial charge in [0.15, 0.2) is 0 Å². The number of pyridine rings is 1. The Kier molecular flexibility index (Phi) is 3.78. The molecule has 0 amide bonds. The summed E-state index contributed by atoms with van der Waals surface area (Å²) in [5.41, 5.74) is 7.09. The lowest BCUT2D eigenvalue weighted by molar-refractivity contribution is 1.14. The van der Waals surface area contributed by atoms with Gasteiger partial charge in [-0.15, -0.1) is 0 Å². The van der Waals surface area contributed by atoms with Crippen LogP contribution in [0, 0.1) is 6.92 Å². The number of rotatable bonds is 3. The zero-order chi connectivity index (χ0) is 14.8. The largest absolute Gasteiger partial charge is 0.308 e. The molecular formula is C17H16ClN3. The van der Waals surface area contributed by atoms with Gasteiger partial charge in [-0.05, 0) is 36.8 Å². The number of halogens is 1. The molecule has 1 aromatic heterocycles. The molecule has 0 unspecified atom stereocenters. The van der Waals surface area contributed by atoms with E-state index in [1.807, 2.05) is 18.2 Å². The SMILES string of the molecule is Cc1ccc(Cc2cc3cc(Cl)ccc3nc2NN)cc1. The molecule has 3 rings (SSSR count). The molecule has 4 heteroatoms. The number of hydrogen-bond acceptors (Lipinski definition) is 3. The first kappa shape index (κ1) is 13.9. The monoisotopic (exact) mass is 297 g/mol. The van der Waals surface area contributed by atoms with Crippen molar-refractivity contribution < 1.29 is 0 Å². The van der Waals surface area contributed by atoms with Crippen molar-refractivity contribution in [3.8, 4) is 0 Å². The number of nitrogens with two attached hydrogens (primary N) is 1. The van der Waals surface area contributed by atoms with Crippen LogP contribution in [0.5, 0.6) is 0 Å². The van der Waals surface area contributed by atoms with E-state index in [0.717, 1.165) is 22.9 Å². The Morgan fingerprint density at radius 3 is 2.57 bits per heavy atom. The average molecular weight is 298 g/mol. The van der Waals surface area contributed by atoms with Gasteiger partial charge in [-0.3, -0.25) is 0 Å². The van der Waals surface area contributed by atoms with Crippen LogP contribution in [-0.2, 0) is 6.42 Å². The summed E-state index contributed by atoms with van der Waals surface area (Å²) < 4.78 is 0. The van der Waals surface area contributed by atoms with Gasteiger partial charge in [-0.1, -0.05) is 41.4 Å². The van der Waals surface area contributed by atoms with Crippen LogP contribution in [0.3, 0.4) is 0 Å². The van der Waals surface area contributed by atoms with E-state index in [-0.39, 0.29) is 0 Å². The Hall–Kier alpha value is -2.10.